The van der Waals surface area contributed by atoms with Crippen LogP contribution in [0.1, 0.15) is 9.68 Å². The van der Waals surface area contributed by atoms with Crippen LogP contribution >= 0.6 is 0 Å². The van der Waals surface area contributed by atoms with Crippen LogP contribution < -0.4 is 5.73 Å². The van der Waals surface area contributed by atoms with Crippen molar-refractivity contribution >= 4 is 5.69 Å². The molecule has 0 aliphatic rings. The summed E-state index contributed by atoms with van der Waals surface area (Å²) in [5.41, 5.74) is 6.06. The van der Waals surface area contributed by atoms with Gasteiger partial charge in [-0.05, 0) is 18.5 Å². The number of anilines is 1. The Morgan fingerprint density at radius 1 is 1.88 bits per heavy atom. The number of nitrogen functional groups attached to an aromatic ring is 1. The van der Waals surface area contributed by atoms with Crippen molar-refractivity contribution < 1.29 is 4.11 Å². The zero-order valence-corrected chi connectivity index (χ0v) is 4.52. The van der Waals surface area contributed by atoms with E-state index in [1.807, 2.05) is 0 Å². The Morgan fingerprint density at radius 2 is 2.62 bits per heavy atom. The average molecular weight is 111 g/mol. The lowest BCUT2D eigenvalue weighted by molar-refractivity contribution is 1.27. The molecule has 0 aromatic carbocycles. The molecule has 0 aliphatic heterocycles. The Hall–Kier alpha value is -1.05. The molecule has 0 amide bonds. The molecule has 42 valence electrons. The zero-order valence-electron chi connectivity index (χ0n) is 7.52. The van der Waals surface area contributed by atoms with Crippen molar-refractivity contribution in [1.82, 2.24) is 4.98 Å². The molecule has 0 unspecified atom stereocenters. The number of pyridine rings is 1. The predicted octanol–water partition coefficient (Wildman–Crippen LogP) is 0.972. The van der Waals surface area contributed by atoms with E-state index in [0.29, 0.717) is 5.56 Å². The molecule has 0 bridgehead atoms. The van der Waals surface area contributed by atoms with Gasteiger partial charge in [-0.2, -0.15) is 0 Å². The standard InChI is InChI=1S/C6H8N2/c1-5-4-8-3-2-6(5)7/h2-4H,1H3,(H2,7,8)/i2D,3D,4D. The van der Waals surface area contributed by atoms with Gasteiger partial charge in [0.1, 0.15) is 0 Å². The fourth-order valence-corrected chi connectivity index (χ4v) is 0.354. The molecule has 2 N–H and O–H groups in total. The Kier molecular flexibility index (Phi) is 0.565. The summed E-state index contributed by atoms with van der Waals surface area (Å²) in [6.07, 6.45) is -0.262. The average Bonchev–Trinajstić information content (AvgIpc) is 1.97. The van der Waals surface area contributed by atoms with Crippen LogP contribution in [0.5, 0.6) is 0 Å². The summed E-state index contributed by atoms with van der Waals surface area (Å²) >= 11 is 0. The van der Waals surface area contributed by atoms with Crippen LogP contribution in [0.15, 0.2) is 18.4 Å². The first-order chi connectivity index (χ1) is 5.04. The maximum atomic E-state index is 7.22. The fraction of sp³-hybridized carbons (Fsp3) is 0.167. The number of nitrogens with zero attached hydrogens (tertiary/aromatic N) is 1. The molecule has 0 saturated carbocycles. The van der Waals surface area contributed by atoms with Crippen molar-refractivity contribution in [2.45, 2.75) is 6.92 Å². The van der Waals surface area contributed by atoms with Gasteiger partial charge in [-0.25, -0.2) is 0 Å². The van der Waals surface area contributed by atoms with Crippen molar-refractivity contribution in [1.29, 1.82) is 0 Å². The maximum absolute atomic E-state index is 7.22. The Bertz CT molecular complexity index is 272. The van der Waals surface area contributed by atoms with E-state index in [1.54, 1.807) is 6.92 Å². The third-order valence-electron chi connectivity index (χ3n) is 0.874. The summed E-state index contributed by atoms with van der Waals surface area (Å²) in [6.45, 7) is 1.61. The van der Waals surface area contributed by atoms with E-state index < -0.39 is 0 Å². The van der Waals surface area contributed by atoms with Crippen molar-refractivity contribution in [2.75, 3.05) is 5.73 Å². The molecular formula is C6H8N2. The van der Waals surface area contributed by atoms with E-state index in [2.05, 4.69) is 4.98 Å². The topological polar surface area (TPSA) is 38.9 Å². The largest absolute Gasteiger partial charge is 0.398 e. The summed E-state index contributed by atoms with van der Waals surface area (Å²) in [5, 5.41) is 0. The minimum absolute atomic E-state index is 0.0245. The van der Waals surface area contributed by atoms with Crippen LogP contribution in [0.3, 0.4) is 0 Å². The van der Waals surface area contributed by atoms with Crippen LogP contribution in [0.4, 0.5) is 5.69 Å². The van der Waals surface area contributed by atoms with Gasteiger partial charge in [0.2, 0.25) is 0 Å². The van der Waals surface area contributed by atoms with E-state index in [0.717, 1.165) is 0 Å². The molecule has 0 radical (unpaired) electrons. The summed E-state index contributed by atoms with van der Waals surface area (Å²) in [5.74, 6) is 0. The van der Waals surface area contributed by atoms with Gasteiger partial charge in [-0.3, -0.25) is 4.98 Å². The van der Waals surface area contributed by atoms with E-state index in [-0.39, 0.29) is 24.1 Å². The molecule has 1 aromatic rings. The van der Waals surface area contributed by atoms with E-state index >= 15 is 0 Å². The van der Waals surface area contributed by atoms with E-state index in [9.17, 15) is 0 Å². The molecule has 2 heteroatoms. The van der Waals surface area contributed by atoms with Crippen molar-refractivity contribution in [3.05, 3.63) is 24.0 Å². The molecule has 0 atom stereocenters. The minimum atomic E-state index is -0.238. The monoisotopic (exact) mass is 111 g/mol. The van der Waals surface area contributed by atoms with Gasteiger partial charge in [-0.15, -0.1) is 0 Å². The number of rotatable bonds is 0. The minimum Gasteiger partial charge on any atom is -0.398 e. The number of aromatic nitrogens is 1. The Balaban J connectivity index is 3.46. The fourth-order valence-electron chi connectivity index (χ4n) is 0.354. The molecule has 1 heterocycles. The highest BCUT2D eigenvalue weighted by molar-refractivity contribution is 5.42. The molecule has 2 nitrogen and oxygen atoms in total. The maximum Gasteiger partial charge on any atom is 0.0843 e. The SMILES string of the molecule is [2H]c1nc([2H])c(C)c(N)c1[2H]. The molecule has 1 rings (SSSR count). The van der Waals surface area contributed by atoms with Crippen molar-refractivity contribution in [3.63, 3.8) is 0 Å². The third kappa shape index (κ3) is 0.780. The van der Waals surface area contributed by atoms with Gasteiger partial charge in [0.15, 0.2) is 0 Å². The van der Waals surface area contributed by atoms with Gasteiger partial charge in [0.25, 0.3) is 0 Å². The van der Waals surface area contributed by atoms with Crippen molar-refractivity contribution in [3.8, 4) is 0 Å². The van der Waals surface area contributed by atoms with Crippen LogP contribution in [0, 0.1) is 6.92 Å². The van der Waals surface area contributed by atoms with Gasteiger partial charge >= 0.3 is 0 Å². The summed E-state index contributed by atoms with van der Waals surface area (Å²) in [7, 11) is 0. The highest BCUT2D eigenvalue weighted by Crippen LogP contribution is 2.04. The first kappa shape index (κ1) is 2.49. The molecule has 0 fully saturated rings. The van der Waals surface area contributed by atoms with Crippen LogP contribution in [0.2, 0.25) is 0 Å². The lowest BCUT2D eigenvalue weighted by atomic mass is 10.3. The summed E-state index contributed by atoms with van der Waals surface area (Å²) in [6, 6.07) is -0.0986. The van der Waals surface area contributed by atoms with Crippen LogP contribution in [0.25, 0.3) is 0 Å². The molecular weight excluding hydrogens is 100 g/mol. The zero-order chi connectivity index (χ0) is 8.59. The second-order valence-electron chi connectivity index (χ2n) is 1.50. The second kappa shape index (κ2) is 1.82. The van der Waals surface area contributed by atoms with Crippen LogP contribution in [-0.4, -0.2) is 4.98 Å². The second-order valence-corrected chi connectivity index (χ2v) is 1.50. The summed E-state index contributed by atoms with van der Waals surface area (Å²) < 4.78 is 21.5. The number of nitrogens with two attached hydrogens (primary N) is 1. The molecule has 0 saturated heterocycles. The first-order valence-corrected chi connectivity index (χ1v) is 2.24. The van der Waals surface area contributed by atoms with Crippen LogP contribution in [-0.2, 0) is 0 Å². The highest BCUT2D eigenvalue weighted by Gasteiger charge is 1.85. The highest BCUT2D eigenvalue weighted by atomic mass is 14.7. The number of hydrogen-bond acceptors (Lipinski definition) is 2. The lowest BCUT2D eigenvalue weighted by Gasteiger charge is -1.93. The quantitative estimate of drug-likeness (QED) is 0.541. The van der Waals surface area contributed by atoms with Gasteiger partial charge in [0, 0.05) is 18.0 Å². The van der Waals surface area contributed by atoms with Crippen molar-refractivity contribution in [2.24, 2.45) is 0 Å². The van der Waals surface area contributed by atoms with E-state index in [1.165, 1.54) is 0 Å². The predicted molar refractivity (Wildman–Crippen MR) is 33.4 cm³/mol. The summed E-state index contributed by atoms with van der Waals surface area (Å²) in [4.78, 5) is 3.50. The molecule has 1 aromatic heterocycles. The van der Waals surface area contributed by atoms with Gasteiger partial charge < -0.3 is 5.73 Å². The van der Waals surface area contributed by atoms with E-state index in [4.69, 9.17) is 9.85 Å². The molecule has 8 heavy (non-hydrogen) atoms. The third-order valence-corrected chi connectivity index (χ3v) is 0.874. The Labute approximate surface area is 52.6 Å². The smallest absolute Gasteiger partial charge is 0.0843 e. The Morgan fingerprint density at radius 3 is 3.38 bits per heavy atom. The van der Waals surface area contributed by atoms with Gasteiger partial charge in [-0.1, -0.05) is 0 Å². The first-order valence-electron chi connectivity index (χ1n) is 3.74. The molecule has 0 spiro atoms. The molecule has 0 aliphatic carbocycles. The lowest BCUT2D eigenvalue weighted by Crippen LogP contribution is -1.87. The van der Waals surface area contributed by atoms with Gasteiger partial charge in [0.05, 0.1) is 4.11 Å². The number of hydrogen-bond donors (Lipinski definition) is 1. The normalized spacial score (nSPS) is 14.4.